The molecule has 1 aliphatic rings. The van der Waals surface area contributed by atoms with E-state index in [1.807, 2.05) is 0 Å². The Kier molecular flexibility index (Phi) is 6.67. The number of carboxylic acid groups (broad SMARTS) is 1. The van der Waals surface area contributed by atoms with Crippen LogP contribution in [0.1, 0.15) is 19.3 Å². The number of rotatable bonds is 7. The molecular formula is C16H21ClN2O4. The number of hydrogen-bond acceptors (Lipinski definition) is 4. The number of hydrogen-bond donors (Lipinski definition) is 2. The summed E-state index contributed by atoms with van der Waals surface area (Å²) in [7, 11) is 0. The molecule has 1 fully saturated rings. The second-order valence-electron chi connectivity index (χ2n) is 5.47. The molecular weight excluding hydrogens is 320 g/mol. The highest BCUT2D eigenvalue weighted by molar-refractivity contribution is 6.30. The van der Waals surface area contributed by atoms with Crippen molar-refractivity contribution < 1.29 is 19.4 Å². The molecule has 0 radical (unpaired) electrons. The number of ether oxygens (including phenoxy) is 1. The van der Waals surface area contributed by atoms with Gasteiger partial charge in [-0.15, -0.1) is 0 Å². The van der Waals surface area contributed by atoms with Gasteiger partial charge in [0.15, 0.2) is 0 Å². The van der Waals surface area contributed by atoms with Crippen molar-refractivity contribution in [1.29, 1.82) is 0 Å². The van der Waals surface area contributed by atoms with Gasteiger partial charge < -0.3 is 15.2 Å². The first-order valence-electron chi connectivity index (χ1n) is 7.68. The smallest absolute Gasteiger partial charge is 0.320 e. The average molecular weight is 341 g/mol. The summed E-state index contributed by atoms with van der Waals surface area (Å²) >= 11 is 5.78. The van der Waals surface area contributed by atoms with Crippen molar-refractivity contribution in [3.63, 3.8) is 0 Å². The molecule has 2 rings (SSSR count). The number of nitrogens with zero attached hydrogens (tertiary/aromatic N) is 1. The van der Waals surface area contributed by atoms with E-state index < -0.39 is 12.0 Å². The van der Waals surface area contributed by atoms with E-state index in [0.29, 0.717) is 36.9 Å². The zero-order valence-electron chi connectivity index (χ0n) is 12.8. The molecule has 1 heterocycles. The highest BCUT2D eigenvalue weighted by atomic mass is 35.5. The predicted molar refractivity (Wildman–Crippen MR) is 86.8 cm³/mol. The number of likely N-dealkylation sites (tertiary alicyclic amines) is 1. The van der Waals surface area contributed by atoms with Crippen LogP contribution in [-0.4, -0.2) is 54.2 Å². The molecule has 0 spiro atoms. The van der Waals surface area contributed by atoms with Gasteiger partial charge in [-0.05, 0) is 43.7 Å². The molecule has 1 unspecified atom stereocenters. The third-order valence-corrected chi connectivity index (χ3v) is 4.00. The lowest BCUT2D eigenvalue weighted by Crippen LogP contribution is -2.49. The van der Waals surface area contributed by atoms with Crippen LogP contribution in [0.15, 0.2) is 24.3 Å². The standard InChI is InChI=1S/C16H21ClN2O4/c17-12-4-6-13(7-5-12)23-10-8-18-15(20)11-19-9-2-1-3-14(19)16(21)22/h4-7,14H,1-3,8-11H2,(H,18,20)(H,21,22). The van der Waals surface area contributed by atoms with E-state index in [-0.39, 0.29) is 12.5 Å². The lowest BCUT2D eigenvalue weighted by atomic mass is 10.0. The third-order valence-electron chi connectivity index (χ3n) is 3.75. The van der Waals surface area contributed by atoms with Gasteiger partial charge in [0.25, 0.3) is 0 Å². The van der Waals surface area contributed by atoms with Crippen molar-refractivity contribution in [1.82, 2.24) is 10.2 Å². The third kappa shape index (κ3) is 5.73. The first-order valence-corrected chi connectivity index (χ1v) is 8.06. The van der Waals surface area contributed by atoms with Gasteiger partial charge in [0, 0.05) is 5.02 Å². The Morgan fingerprint density at radius 1 is 1.30 bits per heavy atom. The number of benzene rings is 1. The molecule has 1 saturated heterocycles. The van der Waals surface area contributed by atoms with Crippen molar-refractivity contribution in [2.45, 2.75) is 25.3 Å². The molecule has 1 aliphatic heterocycles. The van der Waals surface area contributed by atoms with Crippen LogP contribution in [-0.2, 0) is 9.59 Å². The molecule has 1 atom stereocenters. The lowest BCUT2D eigenvalue weighted by Gasteiger charge is -2.32. The monoisotopic (exact) mass is 340 g/mol. The first kappa shape index (κ1) is 17.6. The van der Waals surface area contributed by atoms with Gasteiger partial charge in [-0.2, -0.15) is 0 Å². The van der Waals surface area contributed by atoms with Crippen LogP contribution in [0.25, 0.3) is 0 Å². The molecule has 1 aromatic rings. The summed E-state index contributed by atoms with van der Waals surface area (Å²) in [5, 5.41) is 12.6. The van der Waals surface area contributed by atoms with E-state index in [1.54, 1.807) is 29.2 Å². The van der Waals surface area contributed by atoms with E-state index in [2.05, 4.69) is 5.32 Å². The summed E-state index contributed by atoms with van der Waals surface area (Å²) in [5.41, 5.74) is 0. The second-order valence-corrected chi connectivity index (χ2v) is 5.91. The molecule has 6 nitrogen and oxygen atoms in total. The number of carbonyl (C=O) groups excluding carboxylic acids is 1. The van der Waals surface area contributed by atoms with Gasteiger partial charge in [0.1, 0.15) is 18.4 Å². The Labute approximate surface area is 140 Å². The number of halogens is 1. The van der Waals surface area contributed by atoms with Gasteiger partial charge in [0.05, 0.1) is 13.1 Å². The fourth-order valence-corrected chi connectivity index (χ4v) is 2.72. The van der Waals surface area contributed by atoms with E-state index in [1.165, 1.54) is 0 Å². The van der Waals surface area contributed by atoms with E-state index >= 15 is 0 Å². The van der Waals surface area contributed by atoms with Gasteiger partial charge in [-0.25, -0.2) is 0 Å². The van der Waals surface area contributed by atoms with Crippen LogP contribution in [0, 0.1) is 0 Å². The SMILES string of the molecule is O=C(CN1CCCCC1C(=O)O)NCCOc1ccc(Cl)cc1. The van der Waals surface area contributed by atoms with E-state index in [9.17, 15) is 14.7 Å². The van der Waals surface area contributed by atoms with Gasteiger partial charge in [-0.3, -0.25) is 14.5 Å². The molecule has 0 aromatic heterocycles. The number of amides is 1. The number of carboxylic acids is 1. The molecule has 0 bridgehead atoms. The lowest BCUT2D eigenvalue weighted by molar-refractivity contribution is -0.145. The molecule has 0 saturated carbocycles. The maximum Gasteiger partial charge on any atom is 0.320 e. The normalized spacial score (nSPS) is 18.4. The highest BCUT2D eigenvalue weighted by Crippen LogP contribution is 2.17. The van der Waals surface area contributed by atoms with Crippen LogP contribution in [0.3, 0.4) is 0 Å². The number of nitrogens with one attached hydrogen (secondary N) is 1. The minimum Gasteiger partial charge on any atom is -0.492 e. The quantitative estimate of drug-likeness (QED) is 0.740. The van der Waals surface area contributed by atoms with Gasteiger partial charge in [-0.1, -0.05) is 18.0 Å². The van der Waals surface area contributed by atoms with Crippen LogP contribution in [0.5, 0.6) is 5.75 Å². The van der Waals surface area contributed by atoms with Crippen LogP contribution < -0.4 is 10.1 Å². The van der Waals surface area contributed by atoms with Gasteiger partial charge >= 0.3 is 5.97 Å². The Balaban J connectivity index is 1.68. The number of carbonyl (C=O) groups is 2. The summed E-state index contributed by atoms with van der Waals surface area (Å²) in [6, 6.07) is 6.43. The zero-order valence-corrected chi connectivity index (χ0v) is 13.6. The highest BCUT2D eigenvalue weighted by Gasteiger charge is 2.29. The summed E-state index contributed by atoms with van der Waals surface area (Å²) in [6.45, 7) is 1.46. The first-order chi connectivity index (χ1) is 11.1. The van der Waals surface area contributed by atoms with Crippen molar-refractivity contribution in [2.75, 3.05) is 26.2 Å². The Hall–Kier alpha value is -1.79. The fraction of sp³-hybridized carbons (Fsp3) is 0.500. The molecule has 1 aromatic carbocycles. The minimum atomic E-state index is -0.858. The molecule has 23 heavy (non-hydrogen) atoms. The maximum atomic E-state index is 11.9. The van der Waals surface area contributed by atoms with Gasteiger partial charge in [0.2, 0.25) is 5.91 Å². The van der Waals surface area contributed by atoms with E-state index in [4.69, 9.17) is 16.3 Å². The molecule has 2 N–H and O–H groups in total. The van der Waals surface area contributed by atoms with Crippen molar-refractivity contribution in [3.05, 3.63) is 29.3 Å². The van der Waals surface area contributed by atoms with Crippen molar-refractivity contribution in [2.24, 2.45) is 0 Å². The maximum absolute atomic E-state index is 11.9. The number of aliphatic carboxylic acids is 1. The molecule has 0 aliphatic carbocycles. The minimum absolute atomic E-state index is 0.109. The second kappa shape index (κ2) is 8.74. The van der Waals surface area contributed by atoms with Crippen LogP contribution >= 0.6 is 11.6 Å². The van der Waals surface area contributed by atoms with E-state index in [0.717, 1.165) is 12.8 Å². The fourth-order valence-electron chi connectivity index (χ4n) is 2.59. The Bertz CT molecular complexity index is 535. The average Bonchev–Trinajstić information content (AvgIpc) is 2.53. The number of piperidine rings is 1. The zero-order chi connectivity index (χ0) is 16.7. The molecule has 7 heteroatoms. The molecule has 126 valence electrons. The van der Waals surface area contributed by atoms with Crippen LogP contribution in [0.2, 0.25) is 5.02 Å². The van der Waals surface area contributed by atoms with Crippen molar-refractivity contribution >= 4 is 23.5 Å². The summed E-state index contributed by atoms with van der Waals surface area (Å²) in [6.07, 6.45) is 2.42. The summed E-state index contributed by atoms with van der Waals surface area (Å²) < 4.78 is 5.48. The van der Waals surface area contributed by atoms with Crippen LogP contribution in [0.4, 0.5) is 0 Å². The predicted octanol–water partition coefficient (Wildman–Crippen LogP) is 1.77. The Morgan fingerprint density at radius 2 is 2.04 bits per heavy atom. The largest absolute Gasteiger partial charge is 0.492 e. The molecule has 1 amide bonds. The topological polar surface area (TPSA) is 78.9 Å². The summed E-state index contributed by atoms with van der Waals surface area (Å²) in [5.74, 6) is -0.355. The van der Waals surface area contributed by atoms with Crippen molar-refractivity contribution in [3.8, 4) is 5.75 Å². The Morgan fingerprint density at radius 3 is 2.74 bits per heavy atom. The summed E-state index contributed by atoms with van der Waals surface area (Å²) in [4.78, 5) is 24.8.